The van der Waals surface area contributed by atoms with Crippen LogP contribution in [0.2, 0.25) is 0 Å². The number of nitrogens with zero attached hydrogens (tertiary/aromatic N) is 5. The van der Waals surface area contributed by atoms with Gasteiger partial charge in [-0.2, -0.15) is 5.26 Å². The lowest BCUT2D eigenvalue weighted by molar-refractivity contribution is 0.0731. The second kappa shape index (κ2) is 6.80. The van der Waals surface area contributed by atoms with E-state index in [0.717, 1.165) is 5.56 Å². The standard InChI is InChI=1S/C19H14N6O2/c20-9-14-2-1-13(10-22-14)19(27)25-8-5-15-16(11-25)23-17(24-18(15)26)12-3-6-21-7-4-12/h1-4,6-7,10H,5,8,11H2,(H,23,24,26). The van der Waals surface area contributed by atoms with Crippen molar-refractivity contribution in [1.29, 1.82) is 5.26 Å². The number of amides is 1. The number of nitrogens with one attached hydrogen (secondary N) is 1. The average molecular weight is 358 g/mol. The minimum absolute atomic E-state index is 0.182. The van der Waals surface area contributed by atoms with Gasteiger partial charge in [0.05, 0.1) is 17.8 Å². The first-order valence-electron chi connectivity index (χ1n) is 8.33. The van der Waals surface area contributed by atoms with Gasteiger partial charge in [0.1, 0.15) is 17.6 Å². The van der Waals surface area contributed by atoms with E-state index in [-0.39, 0.29) is 23.7 Å². The number of nitriles is 1. The molecule has 27 heavy (non-hydrogen) atoms. The Labute approximate surface area is 154 Å². The monoisotopic (exact) mass is 358 g/mol. The van der Waals surface area contributed by atoms with Gasteiger partial charge in [0.15, 0.2) is 0 Å². The molecule has 0 saturated carbocycles. The van der Waals surface area contributed by atoms with Gasteiger partial charge in [-0.05, 0) is 30.7 Å². The van der Waals surface area contributed by atoms with Crippen LogP contribution in [0.15, 0.2) is 47.7 Å². The van der Waals surface area contributed by atoms with Crippen molar-refractivity contribution in [2.75, 3.05) is 6.54 Å². The largest absolute Gasteiger partial charge is 0.332 e. The van der Waals surface area contributed by atoms with Crippen LogP contribution >= 0.6 is 0 Å². The summed E-state index contributed by atoms with van der Waals surface area (Å²) in [5.74, 6) is 0.251. The summed E-state index contributed by atoms with van der Waals surface area (Å²) in [5.41, 5.74) is 2.42. The second-order valence-corrected chi connectivity index (χ2v) is 6.10. The van der Waals surface area contributed by atoms with Crippen LogP contribution < -0.4 is 5.56 Å². The van der Waals surface area contributed by atoms with Crippen LogP contribution in [-0.4, -0.2) is 37.3 Å². The zero-order valence-corrected chi connectivity index (χ0v) is 14.2. The molecule has 1 N–H and O–H groups in total. The molecule has 4 rings (SSSR count). The molecule has 132 valence electrons. The molecule has 1 aliphatic rings. The van der Waals surface area contributed by atoms with Crippen LogP contribution in [0.4, 0.5) is 0 Å². The smallest absolute Gasteiger partial charge is 0.255 e. The summed E-state index contributed by atoms with van der Waals surface area (Å²) in [5, 5.41) is 8.82. The summed E-state index contributed by atoms with van der Waals surface area (Å²) < 4.78 is 0. The highest BCUT2D eigenvalue weighted by molar-refractivity contribution is 5.94. The summed E-state index contributed by atoms with van der Waals surface area (Å²) >= 11 is 0. The van der Waals surface area contributed by atoms with Crippen molar-refractivity contribution in [3.05, 3.63) is 75.7 Å². The third kappa shape index (κ3) is 3.18. The maximum Gasteiger partial charge on any atom is 0.255 e. The van der Waals surface area contributed by atoms with E-state index in [9.17, 15) is 9.59 Å². The number of carbonyl (C=O) groups excluding carboxylic acids is 1. The number of carbonyl (C=O) groups is 1. The van der Waals surface area contributed by atoms with Gasteiger partial charge in [0.25, 0.3) is 11.5 Å². The van der Waals surface area contributed by atoms with Crippen molar-refractivity contribution in [3.63, 3.8) is 0 Å². The molecule has 4 heterocycles. The predicted octanol–water partition coefficient (Wildman–Crippen LogP) is 1.30. The summed E-state index contributed by atoms with van der Waals surface area (Å²) in [6.07, 6.45) is 5.08. The normalized spacial score (nSPS) is 12.9. The summed E-state index contributed by atoms with van der Waals surface area (Å²) in [7, 11) is 0. The van der Waals surface area contributed by atoms with Gasteiger partial charge >= 0.3 is 0 Å². The fourth-order valence-corrected chi connectivity index (χ4v) is 3.03. The Morgan fingerprint density at radius 1 is 1.22 bits per heavy atom. The molecular formula is C19H14N6O2. The molecule has 0 aliphatic carbocycles. The number of aromatic nitrogens is 4. The van der Waals surface area contributed by atoms with Crippen LogP contribution in [0.1, 0.15) is 27.3 Å². The van der Waals surface area contributed by atoms with Crippen molar-refractivity contribution >= 4 is 5.91 Å². The van der Waals surface area contributed by atoms with Crippen molar-refractivity contribution in [3.8, 4) is 17.5 Å². The molecule has 0 saturated heterocycles. The first kappa shape index (κ1) is 16.6. The molecular weight excluding hydrogens is 344 g/mol. The lowest BCUT2D eigenvalue weighted by atomic mass is 10.0. The van der Waals surface area contributed by atoms with Gasteiger partial charge in [0.2, 0.25) is 0 Å². The molecule has 0 aromatic carbocycles. The third-order valence-electron chi connectivity index (χ3n) is 4.44. The van der Waals surface area contributed by atoms with Crippen LogP contribution in [-0.2, 0) is 13.0 Å². The molecule has 0 fully saturated rings. The van der Waals surface area contributed by atoms with Crippen molar-refractivity contribution in [2.45, 2.75) is 13.0 Å². The van der Waals surface area contributed by atoms with E-state index >= 15 is 0 Å². The Kier molecular flexibility index (Phi) is 4.18. The number of rotatable bonds is 2. The van der Waals surface area contributed by atoms with Crippen molar-refractivity contribution in [2.24, 2.45) is 0 Å². The highest BCUT2D eigenvalue weighted by Crippen LogP contribution is 2.19. The highest BCUT2D eigenvalue weighted by Gasteiger charge is 2.25. The van der Waals surface area contributed by atoms with Gasteiger partial charge in [-0.3, -0.25) is 14.6 Å². The van der Waals surface area contributed by atoms with Crippen LogP contribution in [0.3, 0.4) is 0 Å². The fourth-order valence-electron chi connectivity index (χ4n) is 3.03. The van der Waals surface area contributed by atoms with Gasteiger partial charge in [-0.25, -0.2) is 9.97 Å². The zero-order chi connectivity index (χ0) is 18.8. The Morgan fingerprint density at radius 3 is 2.74 bits per heavy atom. The molecule has 0 bridgehead atoms. The molecule has 8 nitrogen and oxygen atoms in total. The lowest BCUT2D eigenvalue weighted by Crippen LogP contribution is -2.39. The topological polar surface area (TPSA) is 116 Å². The fraction of sp³-hybridized carbons (Fsp3) is 0.158. The number of hydrogen-bond donors (Lipinski definition) is 1. The van der Waals surface area contributed by atoms with Gasteiger partial charge in [0, 0.05) is 36.3 Å². The number of H-pyrrole nitrogens is 1. The molecule has 0 atom stereocenters. The van der Waals surface area contributed by atoms with Gasteiger partial charge in [-0.15, -0.1) is 0 Å². The minimum atomic E-state index is -0.204. The number of hydrogen-bond acceptors (Lipinski definition) is 6. The van der Waals surface area contributed by atoms with E-state index < -0.39 is 0 Å². The number of aromatic amines is 1. The Balaban J connectivity index is 1.64. The maximum atomic E-state index is 12.7. The first-order valence-corrected chi connectivity index (χ1v) is 8.33. The molecule has 3 aromatic heterocycles. The first-order chi connectivity index (χ1) is 13.2. The van der Waals surface area contributed by atoms with Crippen LogP contribution in [0, 0.1) is 11.3 Å². The summed E-state index contributed by atoms with van der Waals surface area (Å²) in [6.45, 7) is 0.668. The zero-order valence-electron chi connectivity index (χ0n) is 14.2. The number of pyridine rings is 2. The number of fused-ring (bicyclic) bond motifs is 1. The van der Waals surface area contributed by atoms with Crippen molar-refractivity contribution < 1.29 is 4.79 Å². The quantitative estimate of drug-likeness (QED) is 0.738. The highest BCUT2D eigenvalue weighted by atomic mass is 16.2. The van der Waals surface area contributed by atoms with Gasteiger partial charge in [-0.1, -0.05) is 0 Å². The Hall–Kier alpha value is -3.86. The van der Waals surface area contributed by atoms with Crippen molar-refractivity contribution in [1.82, 2.24) is 24.8 Å². The molecule has 3 aromatic rings. The van der Waals surface area contributed by atoms with E-state index in [1.807, 2.05) is 6.07 Å². The molecule has 1 amide bonds. The van der Waals surface area contributed by atoms with E-state index in [1.165, 1.54) is 12.3 Å². The molecule has 0 unspecified atom stereocenters. The average Bonchev–Trinajstić information content (AvgIpc) is 2.73. The molecule has 1 aliphatic heterocycles. The minimum Gasteiger partial charge on any atom is -0.332 e. The lowest BCUT2D eigenvalue weighted by Gasteiger charge is -2.27. The van der Waals surface area contributed by atoms with E-state index in [1.54, 1.807) is 35.5 Å². The summed E-state index contributed by atoms with van der Waals surface area (Å²) in [4.78, 5) is 42.1. The van der Waals surface area contributed by atoms with Gasteiger partial charge < -0.3 is 9.88 Å². The summed E-state index contributed by atoms with van der Waals surface area (Å²) in [6, 6.07) is 8.54. The van der Waals surface area contributed by atoms with E-state index in [4.69, 9.17) is 5.26 Å². The third-order valence-corrected chi connectivity index (χ3v) is 4.44. The molecule has 0 radical (unpaired) electrons. The maximum absolute atomic E-state index is 12.7. The Morgan fingerprint density at radius 2 is 2.04 bits per heavy atom. The Bertz CT molecular complexity index is 1100. The van der Waals surface area contributed by atoms with E-state index in [2.05, 4.69) is 19.9 Å². The van der Waals surface area contributed by atoms with Crippen LogP contribution in [0.25, 0.3) is 11.4 Å². The van der Waals surface area contributed by atoms with E-state index in [0.29, 0.717) is 35.6 Å². The predicted molar refractivity (Wildman–Crippen MR) is 95.5 cm³/mol. The molecule has 0 spiro atoms. The van der Waals surface area contributed by atoms with Crippen LogP contribution in [0.5, 0.6) is 0 Å². The second-order valence-electron chi connectivity index (χ2n) is 6.10. The molecule has 8 heteroatoms. The SMILES string of the molecule is N#Cc1ccc(C(=O)N2CCc3c(nc(-c4ccncc4)[nH]c3=O)C2)cn1.